The fourth-order valence-corrected chi connectivity index (χ4v) is 1.46. The van der Waals surface area contributed by atoms with Crippen LogP contribution in [0.2, 0.25) is 0 Å². The fraction of sp³-hybridized carbons (Fsp3) is 0.538. The first-order chi connectivity index (χ1) is 9.26. The predicted octanol–water partition coefficient (Wildman–Crippen LogP) is 1.56. The maximum Gasteiger partial charge on any atom is 0.307 e. The predicted molar refractivity (Wildman–Crippen MR) is 88.4 cm³/mol. The quantitative estimate of drug-likeness (QED) is 0.317. The van der Waals surface area contributed by atoms with Crippen LogP contribution in [0.15, 0.2) is 27.8 Å². The number of hydrogen-bond acceptors (Lipinski definition) is 4. The maximum atomic E-state index is 11.0. The lowest BCUT2D eigenvalue weighted by Gasteiger charge is -2.10. The number of carbonyl (C=O) groups is 1. The number of halogens is 1. The van der Waals surface area contributed by atoms with Gasteiger partial charge in [0.2, 0.25) is 0 Å². The Morgan fingerprint density at radius 1 is 1.45 bits per heavy atom. The van der Waals surface area contributed by atoms with Crippen LogP contribution in [0.5, 0.6) is 0 Å². The highest BCUT2D eigenvalue weighted by molar-refractivity contribution is 14.0. The van der Waals surface area contributed by atoms with E-state index in [9.17, 15) is 4.79 Å². The summed E-state index contributed by atoms with van der Waals surface area (Å²) in [7, 11) is 1.37. The van der Waals surface area contributed by atoms with E-state index >= 15 is 0 Å². The minimum atomic E-state index is -0.254. The van der Waals surface area contributed by atoms with Gasteiger partial charge in [0.25, 0.3) is 0 Å². The molecule has 114 valence electrons. The van der Waals surface area contributed by atoms with Gasteiger partial charge in [-0.05, 0) is 19.1 Å². The average molecular weight is 395 g/mol. The van der Waals surface area contributed by atoms with Crippen LogP contribution in [0.1, 0.15) is 19.1 Å². The highest BCUT2D eigenvalue weighted by Crippen LogP contribution is 1.99. The zero-order chi connectivity index (χ0) is 13.9. The van der Waals surface area contributed by atoms with Gasteiger partial charge in [0.05, 0.1) is 26.3 Å². The molecule has 0 aliphatic heterocycles. The Kier molecular flexibility index (Phi) is 10.8. The summed E-state index contributed by atoms with van der Waals surface area (Å²) in [5.41, 5.74) is 0. The largest absolute Gasteiger partial charge is 0.469 e. The number of guanidine groups is 1. The smallest absolute Gasteiger partial charge is 0.307 e. The molecular formula is C13H22IN3O3. The molecule has 0 spiro atoms. The summed E-state index contributed by atoms with van der Waals surface area (Å²) in [4.78, 5) is 15.3. The third-order valence-electron chi connectivity index (χ3n) is 2.40. The van der Waals surface area contributed by atoms with E-state index in [0.29, 0.717) is 12.5 Å². The molecule has 0 unspecified atom stereocenters. The lowest BCUT2D eigenvalue weighted by molar-refractivity contribution is -0.140. The number of nitrogens with one attached hydrogen (secondary N) is 2. The molecule has 0 aliphatic rings. The Morgan fingerprint density at radius 2 is 2.25 bits per heavy atom. The number of carbonyl (C=O) groups excluding carboxylic acids is 1. The van der Waals surface area contributed by atoms with Gasteiger partial charge in [-0.25, -0.2) is 0 Å². The number of furan rings is 1. The summed E-state index contributed by atoms with van der Waals surface area (Å²) < 4.78 is 9.80. The lowest BCUT2D eigenvalue weighted by atomic mass is 10.3. The van der Waals surface area contributed by atoms with Crippen LogP contribution in [-0.2, 0) is 16.0 Å². The number of esters is 1. The van der Waals surface area contributed by atoms with Gasteiger partial charge in [0.15, 0.2) is 5.96 Å². The number of hydrogen-bond donors (Lipinski definition) is 2. The second kappa shape index (κ2) is 11.6. The van der Waals surface area contributed by atoms with Crippen molar-refractivity contribution in [3.8, 4) is 0 Å². The molecule has 0 bridgehead atoms. The molecule has 0 aliphatic carbocycles. The van der Waals surface area contributed by atoms with Crippen molar-refractivity contribution in [2.24, 2.45) is 4.99 Å². The zero-order valence-electron chi connectivity index (χ0n) is 11.8. The van der Waals surface area contributed by atoms with Crippen molar-refractivity contribution in [3.05, 3.63) is 24.2 Å². The molecule has 0 fully saturated rings. The number of ether oxygens (including phenoxy) is 1. The minimum absolute atomic E-state index is 0. The van der Waals surface area contributed by atoms with Gasteiger partial charge in [-0.3, -0.25) is 9.79 Å². The van der Waals surface area contributed by atoms with Gasteiger partial charge in [0, 0.05) is 19.5 Å². The van der Waals surface area contributed by atoms with E-state index in [2.05, 4.69) is 20.4 Å². The van der Waals surface area contributed by atoms with Crippen molar-refractivity contribution in [2.45, 2.75) is 19.8 Å². The molecule has 1 rings (SSSR count). The summed E-state index contributed by atoms with van der Waals surface area (Å²) in [5.74, 6) is 1.37. The molecule has 6 nitrogen and oxygen atoms in total. The van der Waals surface area contributed by atoms with Crippen LogP contribution in [0.3, 0.4) is 0 Å². The van der Waals surface area contributed by atoms with Crippen molar-refractivity contribution < 1.29 is 13.9 Å². The summed E-state index contributed by atoms with van der Waals surface area (Å²) >= 11 is 0. The first-order valence-corrected chi connectivity index (χ1v) is 6.37. The Hall–Kier alpha value is -1.25. The van der Waals surface area contributed by atoms with Crippen LogP contribution in [-0.4, -0.2) is 38.7 Å². The molecule has 1 heterocycles. The van der Waals surface area contributed by atoms with Gasteiger partial charge in [0.1, 0.15) is 5.76 Å². The second-order valence-corrected chi connectivity index (χ2v) is 3.84. The monoisotopic (exact) mass is 395 g/mol. The van der Waals surface area contributed by atoms with Crippen LogP contribution >= 0.6 is 24.0 Å². The van der Waals surface area contributed by atoms with Gasteiger partial charge in [-0.1, -0.05) is 0 Å². The Morgan fingerprint density at radius 3 is 2.85 bits per heavy atom. The van der Waals surface area contributed by atoms with Crippen molar-refractivity contribution in [3.63, 3.8) is 0 Å². The molecule has 0 saturated heterocycles. The highest BCUT2D eigenvalue weighted by Gasteiger charge is 2.01. The van der Waals surface area contributed by atoms with Crippen LogP contribution in [0, 0.1) is 0 Å². The summed E-state index contributed by atoms with van der Waals surface area (Å²) in [6.07, 6.45) is 2.73. The van der Waals surface area contributed by atoms with E-state index in [1.807, 2.05) is 19.1 Å². The molecule has 0 atom stereocenters. The SMILES string of the molecule is CCNC(=NCCC(=O)OC)NCCc1ccco1.I. The summed E-state index contributed by atoms with van der Waals surface area (Å²) in [6, 6.07) is 3.80. The van der Waals surface area contributed by atoms with Crippen molar-refractivity contribution in [1.82, 2.24) is 10.6 Å². The number of aliphatic imine (C=N–C) groups is 1. The van der Waals surface area contributed by atoms with Gasteiger partial charge in [-0.2, -0.15) is 0 Å². The number of nitrogens with zero attached hydrogens (tertiary/aromatic N) is 1. The first-order valence-electron chi connectivity index (χ1n) is 6.37. The third-order valence-corrected chi connectivity index (χ3v) is 2.40. The molecular weight excluding hydrogens is 373 g/mol. The van der Waals surface area contributed by atoms with Crippen LogP contribution in [0.4, 0.5) is 0 Å². The maximum absolute atomic E-state index is 11.0. The molecule has 0 saturated carbocycles. The Balaban J connectivity index is 0.00000361. The third kappa shape index (κ3) is 8.03. The Labute approximate surface area is 136 Å². The molecule has 20 heavy (non-hydrogen) atoms. The van der Waals surface area contributed by atoms with E-state index in [1.54, 1.807) is 6.26 Å². The average Bonchev–Trinajstić information content (AvgIpc) is 2.91. The highest BCUT2D eigenvalue weighted by atomic mass is 127. The van der Waals surface area contributed by atoms with Gasteiger partial charge in [-0.15, -0.1) is 24.0 Å². The zero-order valence-corrected chi connectivity index (χ0v) is 14.2. The van der Waals surface area contributed by atoms with Crippen molar-refractivity contribution in [2.75, 3.05) is 26.7 Å². The van der Waals surface area contributed by atoms with Crippen molar-refractivity contribution in [1.29, 1.82) is 0 Å². The van der Waals surface area contributed by atoms with Crippen LogP contribution < -0.4 is 10.6 Å². The lowest BCUT2D eigenvalue weighted by Crippen LogP contribution is -2.38. The Bertz CT molecular complexity index is 394. The van der Waals surface area contributed by atoms with Crippen LogP contribution in [0.25, 0.3) is 0 Å². The first kappa shape index (κ1) is 18.8. The van der Waals surface area contributed by atoms with Crippen molar-refractivity contribution >= 4 is 35.9 Å². The van der Waals surface area contributed by atoms with E-state index in [-0.39, 0.29) is 36.4 Å². The van der Waals surface area contributed by atoms with E-state index in [4.69, 9.17) is 4.42 Å². The van der Waals surface area contributed by atoms with E-state index < -0.39 is 0 Å². The molecule has 0 amide bonds. The standard InChI is InChI=1S/C13H21N3O3.HI/c1-3-14-13(16-9-7-12(17)18-2)15-8-6-11-5-4-10-19-11;/h4-5,10H,3,6-9H2,1-2H3,(H2,14,15,16);1H. The number of rotatable bonds is 7. The van der Waals surface area contributed by atoms with Gasteiger partial charge >= 0.3 is 5.97 Å². The number of methoxy groups -OCH3 is 1. The molecule has 1 aromatic heterocycles. The molecule has 7 heteroatoms. The van der Waals surface area contributed by atoms with E-state index in [0.717, 1.165) is 25.3 Å². The molecule has 1 aromatic rings. The summed E-state index contributed by atoms with van der Waals surface area (Å²) in [6.45, 7) is 3.88. The molecule has 0 radical (unpaired) electrons. The molecule has 2 N–H and O–H groups in total. The van der Waals surface area contributed by atoms with Gasteiger partial charge < -0.3 is 19.8 Å². The normalized spacial score (nSPS) is 10.6. The topological polar surface area (TPSA) is 75.9 Å². The second-order valence-electron chi connectivity index (χ2n) is 3.84. The summed E-state index contributed by atoms with van der Waals surface area (Å²) in [5, 5.41) is 6.29. The van der Waals surface area contributed by atoms with E-state index in [1.165, 1.54) is 7.11 Å². The fourth-order valence-electron chi connectivity index (χ4n) is 1.46. The molecule has 0 aromatic carbocycles. The minimum Gasteiger partial charge on any atom is -0.469 e.